The molecule has 5 nitrogen and oxygen atoms in total. The highest BCUT2D eigenvalue weighted by atomic mass is 16.5. The van der Waals surface area contributed by atoms with E-state index in [1.165, 1.54) is 25.7 Å². The fourth-order valence-electron chi connectivity index (χ4n) is 3.74. The van der Waals surface area contributed by atoms with Crippen molar-refractivity contribution in [3.05, 3.63) is 24.3 Å². The molecule has 1 aromatic carbocycles. The Hall–Kier alpha value is -2.04. The molecule has 5 heteroatoms. The summed E-state index contributed by atoms with van der Waals surface area (Å²) in [4.78, 5) is 26.1. The molecule has 3 rings (SSSR count). The summed E-state index contributed by atoms with van der Waals surface area (Å²) in [5.41, 5.74) is 0.889. The van der Waals surface area contributed by atoms with Crippen LogP contribution in [0.3, 0.4) is 0 Å². The van der Waals surface area contributed by atoms with Crippen LogP contribution in [0, 0.1) is 11.8 Å². The topological polar surface area (TPSA) is 58.6 Å². The number of carbonyl (C=O) groups excluding carboxylic acids is 2. The minimum Gasteiger partial charge on any atom is -0.497 e. The molecule has 1 atom stereocenters. The van der Waals surface area contributed by atoms with Crippen molar-refractivity contribution in [1.82, 2.24) is 5.32 Å². The normalized spacial score (nSPS) is 21.3. The van der Waals surface area contributed by atoms with E-state index in [0.29, 0.717) is 31.8 Å². The molecular formula is C19H26N2O3. The van der Waals surface area contributed by atoms with Gasteiger partial charge in [0.1, 0.15) is 5.75 Å². The highest BCUT2D eigenvalue weighted by Gasteiger charge is 2.31. The van der Waals surface area contributed by atoms with Crippen LogP contribution in [0.4, 0.5) is 5.69 Å². The molecule has 0 unspecified atom stereocenters. The molecule has 0 radical (unpaired) electrons. The number of nitrogens with one attached hydrogen (secondary N) is 1. The van der Waals surface area contributed by atoms with E-state index in [1.807, 2.05) is 24.3 Å². The second-order valence-corrected chi connectivity index (χ2v) is 6.93. The number of nitrogens with zero attached hydrogens (tertiary/aromatic N) is 1. The number of methoxy groups -OCH3 is 1. The predicted molar refractivity (Wildman–Crippen MR) is 93.0 cm³/mol. The zero-order valence-corrected chi connectivity index (χ0v) is 14.3. The van der Waals surface area contributed by atoms with Gasteiger partial charge in [0.15, 0.2) is 0 Å². The summed E-state index contributed by atoms with van der Waals surface area (Å²) in [5.74, 6) is 1.78. The van der Waals surface area contributed by atoms with E-state index in [9.17, 15) is 9.59 Å². The maximum atomic E-state index is 12.2. The van der Waals surface area contributed by atoms with Gasteiger partial charge < -0.3 is 15.0 Å². The zero-order valence-electron chi connectivity index (χ0n) is 14.3. The summed E-state index contributed by atoms with van der Waals surface area (Å²) < 4.78 is 5.15. The van der Waals surface area contributed by atoms with Crippen molar-refractivity contribution >= 4 is 17.5 Å². The Labute approximate surface area is 143 Å². The number of rotatable bonds is 6. The number of ether oxygens (including phenoxy) is 1. The van der Waals surface area contributed by atoms with E-state index in [4.69, 9.17) is 4.74 Å². The second-order valence-electron chi connectivity index (χ2n) is 6.93. The first kappa shape index (κ1) is 16.8. The molecule has 1 saturated carbocycles. The number of carbonyl (C=O) groups is 2. The van der Waals surface area contributed by atoms with E-state index in [2.05, 4.69) is 5.32 Å². The highest BCUT2D eigenvalue weighted by Crippen LogP contribution is 2.28. The quantitative estimate of drug-likeness (QED) is 0.872. The van der Waals surface area contributed by atoms with Crippen LogP contribution < -0.4 is 15.0 Å². The van der Waals surface area contributed by atoms with Gasteiger partial charge in [-0.1, -0.05) is 12.8 Å². The third-order valence-electron chi connectivity index (χ3n) is 5.13. The Kier molecular flexibility index (Phi) is 5.38. The monoisotopic (exact) mass is 330 g/mol. The van der Waals surface area contributed by atoms with Gasteiger partial charge in [0, 0.05) is 37.5 Å². The Morgan fingerprint density at radius 1 is 1.21 bits per heavy atom. The lowest BCUT2D eigenvalue weighted by Crippen LogP contribution is -2.32. The lowest BCUT2D eigenvalue weighted by molar-refractivity contribution is -0.122. The first-order valence-corrected chi connectivity index (χ1v) is 8.87. The van der Waals surface area contributed by atoms with Crippen LogP contribution in [-0.4, -0.2) is 32.0 Å². The van der Waals surface area contributed by atoms with Gasteiger partial charge in [0.25, 0.3) is 0 Å². The van der Waals surface area contributed by atoms with E-state index < -0.39 is 0 Å². The van der Waals surface area contributed by atoms with Crippen LogP contribution >= 0.6 is 0 Å². The van der Waals surface area contributed by atoms with E-state index in [1.54, 1.807) is 12.0 Å². The van der Waals surface area contributed by atoms with E-state index in [0.717, 1.165) is 11.4 Å². The smallest absolute Gasteiger partial charge is 0.227 e. The molecule has 1 saturated heterocycles. The van der Waals surface area contributed by atoms with Gasteiger partial charge >= 0.3 is 0 Å². The maximum Gasteiger partial charge on any atom is 0.227 e. The molecule has 0 spiro atoms. The van der Waals surface area contributed by atoms with Crippen molar-refractivity contribution in [3.8, 4) is 5.75 Å². The van der Waals surface area contributed by atoms with Crippen LogP contribution in [0.15, 0.2) is 24.3 Å². The molecular weight excluding hydrogens is 304 g/mol. The first-order valence-electron chi connectivity index (χ1n) is 8.87. The van der Waals surface area contributed by atoms with Crippen LogP contribution in [0.5, 0.6) is 5.75 Å². The van der Waals surface area contributed by atoms with Crippen molar-refractivity contribution in [2.24, 2.45) is 11.8 Å². The lowest BCUT2D eigenvalue weighted by atomic mass is 10.0. The van der Waals surface area contributed by atoms with E-state index >= 15 is 0 Å². The van der Waals surface area contributed by atoms with Crippen LogP contribution in [0.25, 0.3) is 0 Å². The summed E-state index contributed by atoms with van der Waals surface area (Å²) in [5, 5.41) is 3.02. The standard InChI is InChI=1S/C19H26N2O3/c1-24-17-8-6-16(7-9-17)21-13-15(11-19(21)23)12-20-18(22)10-14-4-2-3-5-14/h6-9,14-15H,2-5,10-13H2,1H3,(H,20,22)/t15-/m0/s1. The summed E-state index contributed by atoms with van der Waals surface area (Å²) in [6.45, 7) is 1.25. The van der Waals surface area contributed by atoms with Crippen molar-refractivity contribution < 1.29 is 14.3 Å². The Balaban J connectivity index is 1.48. The van der Waals surface area contributed by atoms with Crippen molar-refractivity contribution in [2.45, 2.75) is 38.5 Å². The molecule has 130 valence electrons. The number of hydrogen-bond donors (Lipinski definition) is 1. The summed E-state index contributed by atoms with van der Waals surface area (Å²) in [6, 6.07) is 7.52. The van der Waals surface area contributed by atoms with Crippen molar-refractivity contribution in [2.75, 3.05) is 25.1 Å². The van der Waals surface area contributed by atoms with Crippen LogP contribution in [0.2, 0.25) is 0 Å². The molecule has 1 N–H and O–H groups in total. The van der Waals surface area contributed by atoms with Crippen LogP contribution in [0.1, 0.15) is 38.5 Å². The van der Waals surface area contributed by atoms with Gasteiger partial charge in [0.05, 0.1) is 7.11 Å². The third-order valence-corrected chi connectivity index (χ3v) is 5.13. The fraction of sp³-hybridized carbons (Fsp3) is 0.579. The van der Waals surface area contributed by atoms with Gasteiger partial charge in [-0.15, -0.1) is 0 Å². The van der Waals surface area contributed by atoms with Gasteiger partial charge in [-0.2, -0.15) is 0 Å². The third kappa shape index (κ3) is 4.08. The first-order chi connectivity index (χ1) is 11.7. The molecule has 2 amide bonds. The predicted octanol–water partition coefficient (Wildman–Crippen LogP) is 2.74. The number of hydrogen-bond acceptors (Lipinski definition) is 3. The average molecular weight is 330 g/mol. The number of amides is 2. The summed E-state index contributed by atoms with van der Waals surface area (Å²) in [7, 11) is 1.63. The lowest BCUT2D eigenvalue weighted by Gasteiger charge is -2.17. The molecule has 24 heavy (non-hydrogen) atoms. The molecule has 0 bridgehead atoms. The van der Waals surface area contributed by atoms with Crippen molar-refractivity contribution in [3.63, 3.8) is 0 Å². The molecule has 1 aliphatic carbocycles. The molecule has 1 aromatic rings. The van der Waals surface area contributed by atoms with E-state index in [-0.39, 0.29) is 17.7 Å². The van der Waals surface area contributed by atoms with Gasteiger partial charge in [-0.05, 0) is 43.0 Å². The number of anilines is 1. The minimum atomic E-state index is 0.121. The SMILES string of the molecule is COc1ccc(N2C[C@H](CNC(=O)CC3CCCC3)CC2=O)cc1. The minimum absolute atomic E-state index is 0.121. The molecule has 1 aliphatic heterocycles. The summed E-state index contributed by atoms with van der Waals surface area (Å²) >= 11 is 0. The van der Waals surface area contributed by atoms with Gasteiger partial charge in [-0.3, -0.25) is 9.59 Å². The Bertz CT molecular complexity index is 579. The number of benzene rings is 1. The summed E-state index contributed by atoms with van der Waals surface area (Å²) in [6.07, 6.45) is 6.01. The average Bonchev–Trinajstić information content (AvgIpc) is 3.22. The maximum absolute atomic E-state index is 12.2. The molecule has 2 aliphatic rings. The Morgan fingerprint density at radius 3 is 2.58 bits per heavy atom. The van der Waals surface area contributed by atoms with Gasteiger partial charge in [0.2, 0.25) is 11.8 Å². The second kappa shape index (κ2) is 7.69. The van der Waals surface area contributed by atoms with Crippen molar-refractivity contribution in [1.29, 1.82) is 0 Å². The zero-order chi connectivity index (χ0) is 16.9. The molecule has 1 heterocycles. The fourth-order valence-corrected chi connectivity index (χ4v) is 3.74. The molecule has 2 fully saturated rings. The van der Waals surface area contributed by atoms with Gasteiger partial charge in [-0.25, -0.2) is 0 Å². The highest BCUT2D eigenvalue weighted by molar-refractivity contribution is 5.95. The largest absolute Gasteiger partial charge is 0.497 e. The molecule has 0 aromatic heterocycles. The Morgan fingerprint density at radius 2 is 1.92 bits per heavy atom. The van der Waals surface area contributed by atoms with Crippen LogP contribution in [-0.2, 0) is 9.59 Å².